The molecule has 0 heterocycles. The van der Waals surface area contributed by atoms with Gasteiger partial charge in [0.05, 0.1) is 0 Å². The van der Waals surface area contributed by atoms with Crippen LogP contribution >= 0.6 is 0 Å². The third-order valence-electron chi connectivity index (χ3n) is 6.64. The lowest BCUT2D eigenvalue weighted by molar-refractivity contribution is -0.149. The Labute approximate surface area is 112 Å². The predicted octanol–water partition coefficient (Wildman–Crippen LogP) is 4.11. The zero-order valence-electron chi connectivity index (χ0n) is 12.2. The Morgan fingerprint density at radius 1 is 1.00 bits per heavy atom. The van der Waals surface area contributed by atoms with Crippen molar-refractivity contribution in [3.8, 4) is 0 Å². The molecule has 18 heavy (non-hydrogen) atoms. The van der Waals surface area contributed by atoms with Gasteiger partial charge in [-0.15, -0.1) is 0 Å². The molecule has 3 unspecified atom stereocenters. The second kappa shape index (κ2) is 3.34. The second-order valence-electron chi connectivity index (χ2n) is 9.34. The Morgan fingerprint density at radius 3 is 2.11 bits per heavy atom. The average Bonchev–Trinajstić information content (AvgIpc) is 2.91. The zero-order chi connectivity index (χ0) is 12.6. The topological polar surface area (TPSA) is 26.0 Å². The summed E-state index contributed by atoms with van der Waals surface area (Å²) in [7, 11) is 0. The van der Waals surface area contributed by atoms with Gasteiger partial charge in [-0.1, -0.05) is 13.8 Å². The van der Waals surface area contributed by atoms with E-state index in [1.165, 1.54) is 57.8 Å². The highest BCUT2D eigenvalue weighted by atomic mass is 14.7. The maximum atomic E-state index is 6.49. The van der Waals surface area contributed by atoms with Crippen LogP contribution in [0.5, 0.6) is 0 Å². The first-order valence-electron chi connectivity index (χ1n) is 8.15. The molecule has 2 N–H and O–H groups in total. The highest BCUT2D eigenvalue weighted by Crippen LogP contribution is 2.70. The van der Waals surface area contributed by atoms with Gasteiger partial charge in [-0.3, -0.25) is 0 Å². The summed E-state index contributed by atoms with van der Waals surface area (Å²) in [5, 5.41) is 0. The van der Waals surface area contributed by atoms with Gasteiger partial charge in [0.15, 0.2) is 0 Å². The van der Waals surface area contributed by atoms with Crippen molar-refractivity contribution in [2.24, 2.45) is 33.8 Å². The fraction of sp³-hybridized carbons (Fsp3) is 1.00. The molecule has 5 saturated carbocycles. The molecule has 4 bridgehead atoms. The first-order valence-corrected chi connectivity index (χ1v) is 8.15. The number of rotatable bonds is 3. The van der Waals surface area contributed by atoms with E-state index in [-0.39, 0.29) is 0 Å². The van der Waals surface area contributed by atoms with Gasteiger partial charge in [0.1, 0.15) is 0 Å². The predicted molar refractivity (Wildman–Crippen MR) is 75.2 cm³/mol. The fourth-order valence-electron chi connectivity index (χ4n) is 7.10. The first-order chi connectivity index (χ1) is 8.40. The zero-order valence-corrected chi connectivity index (χ0v) is 12.2. The molecule has 1 nitrogen and oxygen atoms in total. The van der Waals surface area contributed by atoms with Gasteiger partial charge in [-0.2, -0.15) is 0 Å². The van der Waals surface area contributed by atoms with Crippen molar-refractivity contribution in [2.75, 3.05) is 0 Å². The molecular formula is C17H29N. The molecule has 5 rings (SSSR count). The van der Waals surface area contributed by atoms with Crippen LogP contribution in [0.4, 0.5) is 0 Å². The third kappa shape index (κ3) is 1.77. The summed E-state index contributed by atoms with van der Waals surface area (Å²) in [6, 6.07) is 0.522. The van der Waals surface area contributed by atoms with Gasteiger partial charge in [0, 0.05) is 6.04 Å². The van der Waals surface area contributed by atoms with Crippen LogP contribution in [-0.2, 0) is 0 Å². The summed E-state index contributed by atoms with van der Waals surface area (Å²) in [4.78, 5) is 0. The van der Waals surface area contributed by atoms with E-state index < -0.39 is 0 Å². The molecule has 0 saturated heterocycles. The van der Waals surface area contributed by atoms with Crippen molar-refractivity contribution < 1.29 is 0 Å². The Kier molecular flexibility index (Phi) is 2.18. The summed E-state index contributed by atoms with van der Waals surface area (Å²) in [6.07, 6.45) is 13.2. The normalized spacial score (nSPS) is 55.8. The highest BCUT2D eigenvalue weighted by molar-refractivity contribution is 5.11. The Balaban J connectivity index is 1.60. The van der Waals surface area contributed by atoms with Gasteiger partial charge in [-0.25, -0.2) is 0 Å². The molecule has 5 fully saturated rings. The number of nitrogens with two attached hydrogens (primary N) is 1. The quantitative estimate of drug-likeness (QED) is 0.798. The van der Waals surface area contributed by atoms with E-state index in [2.05, 4.69) is 13.8 Å². The van der Waals surface area contributed by atoms with E-state index in [0.29, 0.717) is 22.3 Å². The molecule has 5 aliphatic carbocycles. The van der Waals surface area contributed by atoms with Crippen molar-refractivity contribution in [3.05, 3.63) is 0 Å². The molecule has 5 aliphatic rings. The van der Waals surface area contributed by atoms with Crippen LogP contribution in [0.3, 0.4) is 0 Å². The molecule has 0 radical (unpaired) electrons. The van der Waals surface area contributed by atoms with Crippen LogP contribution in [0.15, 0.2) is 0 Å². The van der Waals surface area contributed by atoms with Crippen LogP contribution in [0, 0.1) is 28.1 Å². The van der Waals surface area contributed by atoms with E-state index in [0.717, 1.165) is 11.8 Å². The summed E-state index contributed by atoms with van der Waals surface area (Å²) >= 11 is 0. The minimum absolute atomic E-state index is 0.522. The number of hydrogen-bond acceptors (Lipinski definition) is 1. The van der Waals surface area contributed by atoms with E-state index in [9.17, 15) is 0 Å². The van der Waals surface area contributed by atoms with Crippen LogP contribution in [0.1, 0.15) is 71.6 Å². The summed E-state index contributed by atoms with van der Waals surface area (Å²) in [5.41, 5.74) is 8.46. The van der Waals surface area contributed by atoms with Crippen LogP contribution in [0.25, 0.3) is 0 Å². The van der Waals surface area contributed by atoms with Crippen molar-refractivity contribution in [1.82, 2.24) is 0 Å². The van der Waals surface area contributed by atoms with E-state index >= 15 is 0 Å². The molecule has 0 aromatic heterocycles. The van der Waals surface area contributed by atoms with E-state index in [1.54, 1.807) is 0 Å². The molecule has 0 aliphatic heterocycles. The minimum atomic E-state index is 0.522. The smallest absolute Gasteiger partial charge is 0.00724 e. The van der Waals surface area contributed by atoms with Gasteiger partial charge in [0.2, 0.25) is 0 Å². The van der Waals surface area contributed by atoms with Crippen molar-refractivity contribution >= 4 is 0 Å². The van der Waals surface area contributed by atoms with Crippen molar-refractivity contribution in [1.29, 1.82) is 0 Å². The largest absolute Gasteiger partial charge is 0.327 e. The second-order valence-corrected chi connectivity index (χ2v) is 9.34. The van der Waals surface area contributed by atoms with Gasteiger partial charge >= 0.3 is 0 Å². The van der Waals surface area contributed by atoms with E-state index in [4.69, 9.17) is 5.73 Å². The summed E-state index contributed by atoms with van der Waals surface area (Å²) in [6.45, 7) is 5.15. The lowest BCUT2D eigenvalue weighted by Gasteiger charge is -2.66. The van der Waals surface area contributed by atoms with Gasteiger partial charge in [0.25, 0.3) is 0 Å². The van der Waals surface area contributed by atoms with Crippen LogP contribution in [0.2, 0.25) is 0 Å². The maximum Gasteiger partial charge on any atom is 0.00724 e. The van der Waals surface area contributed by atoms with Crippen molar-refractivity contribution in [2.45, 2.75) is 77.7 Å². The van der Waals surface area contributed by atoms with Gasteiger partial charge in [-0.05, 0) is 85.9 Å². The molecule has 3 atom stereocenters. The molecule has 0 amide bonds. The van der Waals surface area contributed by atoms with Crippen molar-refractivity contribution in [3.63, 3.8) is 0 Å². The Hall–Kier alpha value is -0.0400. The lowest BCUT2D eigenvalue weighted by atomic mass is 9.39. The Bertz CT molecular complexity index is 352. The number of hydrogen-bond donors (Lipinski definition) is 1. The average molecular weight is 247 g/mol. The Morgan fingerprint density at radius 2 is 1.61 bits per heavy atom. The molecule has 0 spiro atoms. The molecule has 0 aromatic carbocycles. The third-order valence-corrected chi connectivity index (χ3v) is 6.64. The molecular weight excluding hydrogens is 218 g/mol. The minimum Gasteiger partial charge on any atom is -0.327 e. The molecule has 0 aromatic rings. The first kappa shape index (κ1) is 11.8. The van der Waals surface area contributed by atoms with Crippen LogP contribution in [-0.4, -0.2) is 6.04 Å². The fourth-order valence-corrected chi connectivity index (χ4v) is 7.10. The van der Waals surface area contributed by atoms with Gasteiger partial charge < -0.3 is 5.73 Å². The molecule has 1 heteroatoms. The van der Waals surface area contributed by atoms with E-state index in [1.807, 2.05) is 0 Å². The monoisotopic (exact) mass is 247 g/mol. The lowest BCUT2D eigenvalue weighted by Crippen LogP contribution is -2.56. The maximum absolute atomic E-state index is 6.49. The van der Waals surface area contributed by atoms with Crippen LogP contribution < -0.4 is 5.73 Å². The SMILES string of the molecule is CC12CC3CC(C)(C1)CC(CC(N)C1CC1)(C3)C2. The summed E-state index contributed by atoms with van der Waals surface area (Å²) < 4.78 is 0. The summed E-state index contributed by atoms with van der Waals surface area (Å²) in [5.74, 6) is 1.92. The standard InChI is InChI=1S/C17H29N/c1-15-5-12-6-16(2,9-15)11-17(7-12,10-15)8-14(18)13-3-4-13/h12-14H,3-11,18H2,1-2H3. The molecule has 102 valence electrons. The highest BCUT2D eigenvalue weighted by Gasteiger charge is 2.60.